The predicted octanol–water partition coefficient (Wildman–Crippen LogP) is 0.987. The van der Waals surface area contributed by atoms with Gasteiger partial charge in [-0.1, -0.05) is 12.1 Å². The van der Waals surface area contributed by atoms with Gasteiger partial charge >= 0.3 is 11.9 Å². The Labute approximate surface area is 131 Å². The van der Waals surface area contributed by atoms with Gasteiger partial charge in [-0.2, -0.15) is 0 Å². The van der Waals surface area contributed by atoms with Crippen LogP contribution in [-0.2, 0) is 9.47 Å². The summed E-state index contributed by atoms with van der Waals surface area (Å²) < 4.78 is 9.67. The summed E-state index contributed by atoms with van der Waals surface area (Å²) in [5.41, 5.74) is 23.4. The molecular weight excluding hydrogens is 300 g/mol. The first-order valence-corrected chi connectivity index (χ1v) is 6.54. The van der Waals surface area contributed by atoms with Gasteiger partial charge in [0.05, 0.1) is 33.9 Å². The molecule has 0 aliphatic heterocycles. The van der Waals surface area contributed by atoms with E-state index in [0.717, 1.165) is 0 Å². The topological polar surface area (TPSA) is 157 Å². The Balaban J connectivity index is 1.97. The Morgan fingerprint density at radius 2 is 1.13 bits per heavy atom. The van der Waals surface area contributed by atoms with Crippen LogP contribution in [0.4, 0.5) is 22.7 Å². The molecular formula is C15H16N4O4. The highest BCUT2D eigenvalue weighted by atomic mass is 16.7. The van der Waals surface area contributed by atoms with Crippen molar-refractivity contribution < 1.29 is 19.1 Å². The van der Waals surface area contributed by atoms with Gasteiger partial charge in [-0.25, -0.2) is 9.59 Å². The average Bonchev–Trinajstić information content (AvgIpc) is 2.52. The van der Waals surface area contributed by atoms with Crippen LogP contribution in [0.15, 0.2) is 36.4 Å². The summed E-state index contributed by atoms with van der Waals surface area (Å²) in [6.07, 6.45) is 0. The first-order chi connectivity index (χ1) is 10.9. The number of benzene rings is 2. The lowest BCUT2D eigenvalue weighted by atomic mass is 10.1. The van der Waals surface area contributed by atoms with Gasteiger partial charge in [0.2, 0.25) is 6.79 Å². The zero-order valence-electron chi connectivity index (χ0n) is 12.1. The second-order valence-electron chi connectivity index (χ2n) is 4.60. The van der Waals surface area contributed by atoms with Gasteiger partial charge in [0.15, 0.2) is 0 Å². The lowest BCUT2D eigenvalue weighted by molar-refractivity contribution is -0.0165. The molecule has 0 atom stereocenters. The van der Waals surface area contributed by atoms with Crippen molar-refractivity contribution in [3.05, 3.63) is 47.5 Å². The molecule has 0 spiro atoms. The molecule has 23 heavy (non-hydrogen) atoms. The van der Waals surface area contributed by atoms with Crippen molar-refractivity contribution in [2.45, 2.75) is 0 Å². The Hall–Kier alpha value is -3.42. The number of nitrogen functional groups attached to an aromatic ring is 4. The number of anilines is 4. The summed E-state index contributed by atoms with van der Waals surface area (Å²) in [7, 11) is 0. The monoisotopic (exact) mass is 316 g/mol. The number of carbonyl (C=O) groups is 2. The van der Waals surface area contributed by atoms with Crippen molar-refractivity contribution in [1.29, 1.82) is 0 Å². The molecule has 8 heteroatoms. The molecule has 0 heterocycles. The second-order valence-corrected chi connectivity index (χ2v) is 4.60. The van der Waals surface area contributed by atoms with E-state index in [4.69, 9.17) is 32.4 Å². The van der Waals surface area contributed by atoms with Gasteiger partial charge in [-0.15, -0.1) is 0 Å². The van der Waals surface area contributed by atoms with Crippen molar-refractivity contribution in [2.24, 2.45) is 0 Å². The molecule has 0 unspecified atom stereocenters. The average molecular weight is 316 g/mol. The lowest BCUT2D eigenvalue weighted by Gasteiger charge is -2.10. The third-order valence-corrected chi connectivity index (χ3v) is 3.10. The van der Waals surface area contributed by atoms with E-state index in [1.54, 1.807) is 24.3 Å². The molecule has 0 aromatic heterocycles. The van der Waals surface area contributed by atoms with E-state index in [1.807, 2.05) is 0 Å². The van der Waals surface area contributed by atoms with E-state index in [0.29, 0.717) is 0 Å². The molecule has 2 aromatic carbocycles. The summed E-state index contributed by atoms with van der Waals surface area (Å²) in [5.74, 6) is -1.52. The quantitative estimate of drug-likeness (QED) is 0.369. The van der Waals surface area contributed by atoms with Crippen molar-refractivity contribution in [3.8, 4) is 0 Å². The van der Waals surface area contributed by atoms with E-state index in [2.05, 4.69) is 0 Å². The third kappa shape index (κ3) is 3.43. The van der Waals surface area contributed by atoms with E-state index in [9.17, 15) is 9.59 Å². The zero-order valence-corrected chi connectivity index (χ0v) is 12.1. The highest BCUT2D eigenvalue weighted by Crippen LogP contribution is 2.21. The molecule has 120 valence electrons. The van der Waals surface area contributed by atoms with Crippen molar-refractivity contribution in [1.82, 2.24) is 0 Å². The Kier molecular flexibility index (Phi) is 4.55. The molecule has 8 nitrogen and oxygen atoms in total. The van der Waals surface area contributed by atoms with Crippen LogP contribution < -0.4 is 22.9 Å². The Morgan fingerprint density at radius 3 is 1.52 bits per heavy atom. The van der Waals surface area contributed by atoms with Gasteiger partial charge in [0.25, 0.3) is 0 Å². The minimum absolute atomic E-state index is 0.0875. The fraction of sp³-hybridized carbons (Fsp3) is 0.0667. The SMILES string of the molecule is Nc1cccc(C(=O)OCOC(=O)c2cccc(N)c2N)c1N. The maximum Gasteiger partial charge on any atom is 0.343 e. The molecule has 2 rings (SSSR count). The lowest BCUT2D eigenvalue weighted by Crippen LogP contribution is -2.16. The molecule has 0 fully saturated rings. The van der Waals surface area contributed by atoms with Crippen LogP contribution in [0.25, 0.3) is 0 Å². The molecule has 0 aliphatic rings. The van der Waals surface area contributed by atoms with Crippen LogP contribution in [0.3, 0.4) is 0 Å². The maximum atomic E-state index is 11.9. The molecule has 0 saturated carbocycles. The van der Waals surface area contributed by atoms with Gasteiger partial charge < -0.3 is 32.4 Å². The van der Waals surface area contributed by atoms with Crippen LogP contribution in [0.2, 0.25) is 0 Å². The predicted molar refractivity (Wildman–Crippen MR) is 86.2 cm³/mol. The van der Waals surface area contributed by atoms with Crippen LogP contribution in [0.5, 0.6) is 0 Å². The molecule has 2 aromatic rings. The summed E-state index contributed by atoms with van der Waals surface area (Å²) in [5, 5.41) is 0. The normalized spacial score (nSPS) is 10.1. The fourth-order valence-corrected chi connectivity index (χ4v) is 1.81. The molecule has 0 amide bonds. The van der Waals surface area contributed by atoms with Gasteiger partial charge in [-0.3, -0.25) is 0 Å². The van der Waals surface area contributed by atoms with Crippen molar-refractivity contribution in [3.63, 3.8) is 0 Å². The molecule has 0 aliphatic carbocycles. The Morgan fingerprint density at radius 1 is 0.739 bits per heavy atom. The van der Waals surface area contributed by atoms with Crippen LogP contribution in [-0.4, -0.2) is 18.7 Å². The maximum absolute atomic E-state index is 11.9. The van der Waals surface area contributed by atoms with E-state index in [1.165, 1.54) is 12.1 Å². The van der Waals surface area contributed by atoms with Gasteiger partial charge in [0.1, 0.15) is 0 Å². The highest BCUT2D eigenvalue weighted by Gasteiger charge is 2.16. The standard InChI is InChI=1S/C15H16N4O4/c16-10-5-1-3-8(12(10)18)14(20)22-7-23-15(21)9-4-2-6-11(17)13(9)19/h1-6H,7,16-19H2. The molecule has 0 bridgehead atoms. The number of hydrogen-bond acceptors (Lipinski definition) is 8. The van der Waals surface area contributed by atoms with Crippen LogP contribution in [0, 0.1) is 0 Å². The first-order valence-electron chi connectivity index (χ1n) is 6.54. The van der Waals surface area contributed by atoms with Gasteiger partial charge in [0, 0.05) is 0 Å². The molecule has 0 radical (unpaired) electrons. The summed E-state index contributed by atoms with van der Waals surface area (Å²) >= 11 is 0. The molecule has 8 N–H and O–H groups in total. The van der Waals surface area contributed by atoms with E-state index < -0.39 is 18.7 Å². The summed E-state index contributed by atoms with van der Waals surface area (Å²) in [6, 6.07) is 9.12. The van der Waals surface area contributed by atoms with Crippen LogP contribution in [0.1, 0.15) is 20.7 Å². The third-order valence-electron chi connectivity index (χ3n) is 3.10. The number of carbonyl (C=O) groups excluding carboxylic acids is 2. The van der Waals surface area contributed by atoms with Crippen molar-refractivity contribution >= 4 is 34.7 Å². The number of esters is 2. The summed E-state index contributed by atoms with van der Waals surface area (Å²) in [6.45, 7) is -0.597. The largest absolute Gasteiger partial charge is 0.424 e. The smallest absolute Gasteiger partial charge is 0.343 e. The number of rotatable bonds is 4. The number of nitrogens with two attached hydrogens (primary N) is 4. The van der Waals surface area contributed by atoms with Crippen molar-refractivity contribution in [2.75, 3.05) is 29.7 Å². The number of para-hydroxylation sites is 2. The van der Waals surface area contributed by atoms with E-state index >= 15 is 0 Å². The number of ether oxygens (including phenoxy) is 2. The zero-order chi connectivity index (χ0) is 17.0. The van der Waals surface area contributed by atoms with Crippen LogP contribution >= 0.6 is 0 Å². The second kappa shape index (κ2) is 6.56. The van der Waals surface area contributed by atoms with E-state index in [-0.39, 0.29) is 33.9 Å². The Bertz CT molecular complexity index is 698. The minimum atomic E-state index is -0.761. The number of hydrogen-bond donors (Lipinski definition) is 4. The highest BCUT2D eigenvalue weighted by molar-refractivity contribution is 5.99. The minimum Gasteiger partial charge on any atom is -0.424 e. The molecule has 0 saturated heterocycles. The first kappa shape index (κ1) is 16.0. The summed E-state index contributed by atoms with van der Waals surface area (Å²) in [4.78, 5) is 23.7. The fourth-order valence-electron chi connectivity index (χ4n) is 1.81. The van der Waals surface area contributed by atoms with Gasteiger partial charge in [-0.05, 0) is 24.3 Å².